The Morgan fingerprint density at radius 3 is 2.88 bits per heavy atom. The van der Waals surface area contributed by atoms with Gasteiger partial charge in [0.05, 0.1) is 18.5 Å². The van der Waals surface area contributed by atoms with E-state index in [0.29, 0.717) is 13.2 Å². The van der Waals surface area contributed by atoms with Gasteiger partial charge in [-0.1, -0.05) is 6.07 Å². The first-order valence-corrected chi connectivity index (χ1v) is 7.86. The average molecular weight is 338 g/mol. The van der Waals surface area contributed by atoms with E-state index in [2.05, 4.69) is 15.5 Å². The van der Waals surface area contributed by atoms with Gasteiger partial charge in [0.1, 0.15) is 18.0 Å². The lowest BCUT2D eigenvalue weighted by molar-refractivity contribution is 0.152. The summed E-state index contributed by atoms with van der Waals surface area (Å²) in [5.74, 6) is 0.729. The highest BCUT2D eigenvalue weighted by Crippen LogP contribution is 2.14. The van der Waals surface area contributed by atoms with Gasteiger partial charge in [-0.2, -0.15) is 5.10 Å². The van der Waals surface area contributed by atoms with Crippen LogP contribution >= 0.6 is 0 Å². The monoisotopic (exact) mass is 338 g/mol. The summed E-state index contributed by atoms with van der Waals surface area (Å²) in [6, 6.07) is 13.2. The molecule has 3 rings (SSSR count). The van der Waals surface area contributed by atoms with Crippen molar-refractivity contribution in [3.63, 3.8) is 0 Å². The maximum absolute atomic E-state index is 11.1. The lowest BCUT2D eigenvalue weighted by Gasteiger charge is -2.04. The van der Waals surface area contributed by atoms with Crippen molar-refractivity contribution in [1.29, 1.82) is 0 Å². The molecule has 0 spiro atoms. The molecule has 3 aromatic rings. The Hall–Kier alpha value is -3.35. The van der Waals surface area contributed by atoms with E-state index in [9.17, 15) is 4.79 Å². The number of hydrogen-bond acceptors (Lipinski definition) is 5. The van der Waals surface area contributed by atoms with Gasteiger partial charge in [0.15, 0.2) is 0 Å². The number of rotatable bonds is 6. The van der Waals surface area contributed by atoms with Crippen molar-refractivity contribution in [2.75, 3.05) is 6.61 Å². The number of hydrogen-bond donors (Lipinski definition) is 1. The highest BCUT2D eigenvalue weighted by molar-refractivity contribution is 5.81. The molecule has 2 heterocycles. The van der Waals surface area contributed by atoms with Gasteiger partial charge in [-0.15, -0.1) is 0 Å². The molecule has 7 nitrogen and oxygen atoms in total. The highest BCUT2D eigenvalue weighted by atomic mass is 16.5. The van der Waals surface area contributed by atoms with E-state index >= 15 is 0 Å². The van der Waals surface area contributed by atoms with Gasteiger partial charge >= 0.3 is 6.09 Å². The Morgan fingerprint density at radius 2 is 2.12 bits per heavy atom. The Bertz CT molecular complexity index is 838. The van der Waals surface area contributed by atoms with E-state index in [1.165, 1.54) is 6.21 Å². The number of aromatic nitrogens is 2. The second kappa shape index (κ2) is 7.96. The van der Waals surface area contributed by atoms with Gasteiger partial charge in [-0.05, 0) is 48.9 Å². The molecule has 1 amide bonds. The van der Waals surface area contributed by atoms with Crippen LogP contribution in [-0.2, 0) is 11.3 Å². The number of fused-ring (bicyclic) bond motifs is 1. The van der Waals surface area contributed by atoms with Crippen molar-refractivity contribution in [2.24, 2.45) is 5.10 Å². The Kier molecular flexibility index (Phi) is 5.26. The third-order valence-electron chi connectivity index (χ3n) is 3.33. The number of carbonyl (C=O) groups excluding carboxylic acids is 1. The number of benzene rings is 1. The van der Waals surface area contributed by atoms with Crippen molar-refractivity contribution < 1.29 is 14.3 Å². The van der Waals surface area contributed by atoms with Crippen LogP contribution in [0.15, 0.2) is 60.0 Å². The topological polar surface area (TPSA) is 77.2 Å². The van der Waals surface area contributed by atoms with Crippen LogP contribution in [0.1, 0.15) is 18.2 Å². The fraction of sp³-hybridized carbons (Fsp3) is 0.167. The molecule has 0 radical (unpaired) electrons. The molecular formula is C18H18N4O3. The summed E-state index contributed by atoms with van der Waals surface area (Å²) < 4.78 is 12.4. The Morgan fingerprint density at radius 1 is 1.28 bits per heavy atom. The largest absolute Gasteiger partial charge is 0.487 e. The molecule has 0 atom stereocenters. The molecule has 0 saturated carbocycles. The third kappa shape index (κ3) is 4.57. The van der Waals surface area contributed by atoms with Crippen LogP contribution in [-0.4, -0.2) is 28.3 Å². The number of ether oxygens (including phenoxy) is 2. The first-order valence-electron chi connectivity index (χ1n) is 7.86. The van der Waals surface area contributed by atoms with Crippen LogP contribution in [0.2, 0.25) is 0 Å². The minimum absolute atomic E-state index is 0.305. The molecule has 1 aromatic carbocycles. The van der Waals surface area contributed by atoms with Crippen molar-refractivity contribution in [2.45, 2.75) is 13.5 Å². The summed E-state index contributed by atoms with van der Waals surface area (Å²) >= 11 is 0. The molecule has 7 heteroatoms. The molecule has 0 aliphatic heterocycles. The fourth-order valence-corrected chi connectivity index (χ4v) is 2.19. The maximum Gasteiger partial charge on any atom is 0.427 e. The Balaban J connectivity index is 1.53. The van der Waals surface area contributed by atoms with Crippen LogP contribution in [0.3, 0.4) is 0 Å². The SMILES string of the molecule is CCOC(=O)N/N=C/c1ccc(OCc2cn3ccccc3n2)cc1. The molecule has 0 unspecified atom stereocenters. The number of carbonyl (C=O) groups is 1. The summed E-state index contributed by atoms with van der Waals surface area (Å²) in [5, 5.41) is 3.80. The van der Waals surface area contributed by atoms with E-state index in [0.717, 1.165) is 22.7 Å². The van der Waals surface area contributed by atoms with Crippen molar-refractivity contribution in [3.05, 3.63) is 66.1 Å². The zero-order valence-electron chi connectivity index (χ0n) is 13.8. The number of nitrogens with zero attached hydrogens (tertiary/aromatic N) is 3. The van der Waals surface area contributed by atoms with E-state index in [1.807, 2.05) is 59.3 Å². The molecule has 128 valence electrons. The highest BCUT2D eigenvalue weighted by Gasteiger charge is 2.02. The molecule has 2 aromatic heterocycles. The third-order valence-corrected chi connectivity index (χ3v) is 3.33. The predicted octanol–water partition coefficient (Wildman–Crippen LogP) is 2.99. The summed E-state index contributed by atoms with van der Waals surface area (Å²) in [7, 11) is 0. The number of pyridine rings is 1. The predicted molar refractivity (Wildman–Crippen MR) is 93.7 cm³/mol. The van der Waals surface area contributed by atoms with E-state index in [1.54, 1.807) is 6.92 Å². The summed E-state index contributed by atoms with van der Waals surface area (Å²) in [6.07, 6.45) is 4.84. The van der Waals surface area contributed by atoms with Crippen LogP contribution < -0.4 is 10.2 Å². The van der Waals surface area contributed by atoms with Crippen LogP contribution in [0.25, 0.3) is 5.65 Å². The molecule has 0 saturated heterocycles. The van der Waals surface area contributed by atoms with Gasteiger partial charge in [-0.25, -0.2) is 15.2 Å². The standard InChI is InChI=1S/C18H18N4O3/c1-2-24-18(23)21-19-11-14-6-8-16(9-7-14)25-13-15-12-22-10-4-3-5-17(22)20-15/h3-12H,2,13H2,1H3,(H,21,23)/b19-11+. The van der Waals surface area contributed by atoms with Crippen LogP contribution in [0.4, 0.5) is 4.79 Å². The number of nitrogens with one attached hydrogen (secondary N) is 1. The maximum atomic E-state index is 11.1. The quantitative estimate of drug-likeness (QED) is 0.554. The number of amides is 1. The first-order chi connectivity index (χ1) is 12.2. The molecule has 25 heavy (non-hydrogen) atoms. The van der Waals surface area contributed by atoms with Crippen LogP contribution in [0, 0.1) is 0 Å². The van der Waals surface area contributed by atoms with Crippen molar-refractivity contribution in [1.82, 2.24) is 14.8 Å². The lowest BCUT2D eigenvalue weighted by Crippen LogP contribution is -2.18. The molecule has 0 aliphatic carbocycles. The van der Waals surface area contributed by atoms with E-state index < -0.39 is 6.09 Å². The van der Waals surface area contributed by atoms with Crippen molar-refractivity contribution in [3.8, 4) is 5.75 Å². The smallest absolute Gasteiger partial charge is 0.427 e. The van der Waals surface area contributed by atoms with Crippen LogP contribution in [0.5, 0.6) is 5.75 Å². The van der Waals surface area contributed by atoms with Gasteiger partial charge in [0.2, 0.25) is 0 Å². The molecule has 0 bridgehead atoms. The number of hydrazone groups is 1. The average Bonchev–Trinajstić information content (AvgIpc) is 3.04. The summed E-state index contributed by atoms with van der Waals surface area (Å²) in [5.41, 5.74) is 4.85. The van der Waals surface area contributed by atoms with Gasteiger partial charge < -0.3 is 13.9 Å². The summed E-state index contributed by atoms with van der Waals surface area (Å²) in [4.78, 5) is 15.6. The molecule has 0 aliphatic rings. The van der Waals surface area contributed by atoms with Gasteiger partial charge in [-0.3, -0.25) is 0 Å². The Labute approximate surface area is 144 Å². The second-order valence-electron chi connectivity index (χ2n) is 5.15. The first kappa shape index (κ1) is 16.5. The second-order valence-corrected chi connectivity index (χ2v) is 5.15. The molecule has 1 N–H and O–H groups in total. The van der Waals surface area contributed by atoms with Gasteiger partial charge in [0, 0.05) is 12.4 Å². The minimum Gasteiger partial charge on any atom is -0.487 e. The lowest BCUT2D eigenvalue weighted by atomic mass is 10.2. The van der Waals surface area contributed by atoms with Gasteiger partial charge in [0.25, 0.3) is 0 Å². The normalized spacial score (nSPS) is 10.9. The fourth-order valence-electron chi connectivity index (χ4n) is 2.19. The zero-order valence-corrected chi connectivity index (χ0v) is 13.8. The molecular weight excluding hydrogens is 320 g/mol. The van der Waals surface area contributed by atoms with Crippen molar-refractivity contribution >= 4 is 18.0 Å². The van der Waals surface area contributed by atoms with E-state index in [4.69, 9.17) is 9.47 Å². The molecule has 0 fully saturated rings. The summed E-state index contributed by atoms with van der Waals surface area (Å²) in [6.45, 7) is 2.42. The van der Waals surface area contributed by atoms with E-state index in [-0.39, 0.29) is 0 Å². The minimum atomic E-state index is -0.578. The number of imidazole rings is 1. The zero-order chi connectivity index (χ0) is 17.5.